The average Bonchev–Trinajstić information content (AvgIpc) is 2.86. The maximum Gasteiger partial charge on any atom is 0.396 e. The summed E-state index contributed by atoms with van der Waals surface area (Å²) in [6.07, 6.45) is 0. The van der Waals surface area contributed by atoms with Gasteiger partial charge in [-0.3, -0.25) is 14.8 Å². The van der Waals surface area contributed by atoms with Crippen molar-refractivity contribution in [2.45, 2.75) is 4.90 Å². The first-order valence-corrected chi connectivity index (χ1v) is 8.94. The van der Waals surface area contributed by atoms with E-state index in [0.717, 1.165) is 29.5 Å². The second-order valence-corrected chi connectivity index (χ2v) is 7.63. The van der Waals surface area contributed by atoms with Crippen LogP contribution in [-0.4, -0.2) is 13.3 Å². The Morgan fingerprint density at radius 3 is 2.67 bits per heavy atom. The van der Waals surface area contributed by atoms with Gasteiger partial charge in [0.1, 0.15) is 10.5 Å². The fourth-order valence-corrected chi connectivity index (χ4v) is 4.24. The fraction of sp³-hybridized carbons (Fsp3) is 0. The number of non-ortho nitro benzene ring substituents is 1. The molecule has 11 heteroatoms. The normalized spacial score (nSPS) is 11.5. The molecule has 0 aliphatic heterocycles. The van der Waals surface area contributed by atoms with Crippen LogP contribution in [0.25, 0.3) is 10.3 Å². The van der Waals surface area contributed by atoms with Crippen molar-refractivity contribution in [3.8, 4) is 0 Å². The molecule has 3 rings (SSSR count). The highest BCUT2D eigenvalue weighted by molar-refractivity contribution is 7.92. The monoisotopic (exact) mass is 386 g/mol. The predicted molar refractivity (Wildman–Crippen MR) is 89.3 cm³/mol. The summed E-state index contributed by atoms with van der Waals surface area (Å²) < 4.78 is 32.5. The van der Waals surface area contributed by atoms with Gasteiger partial charge in [-0.2, -0.15) is 0 Å². The number of nitrogens with one attached hydrogen (secondary N) is 1. The van der Waals surface area contributed by atoms with Gasteiger partial charge in [0.2, 0.25) is 0 Å². The van der Waals surface area contributed by atoms with Crippen LogP contribution in [0.1, 0.15) is 0 Å². The smallest absolute Gasteiger partial charge is 0.396 e. The van der Waals surface area contributed by atoms with E-state index in [1.165, 1.54) is 18.2 Å². The molecule has 0 spiro atoms. The summed E-state index contributed by atoms with van der Waals surface area (Å²) in [7, 11) is -4.15. The maximum absolute atomic E-state index is 12.4. The molecule has 2 aromatic carbocycles. The first kappa shape index (κ1) is 16.4. The van der Waals surface area contributed by atoms with Crippen molar-refractivity contribution in [2.75, 3.05) is 4.72 Å². The van der Waals surface area contributed by atoms with Gasteiger partial charge in [0, 0.05) is 12.1 Å². The predicted octanol–water partition coefficient (Wildman–Crippen LogP) is 3.22. The summed E-state index contributed by atoms with van der Waals surface area (Å²) in [5.74, 6) is 0. The molecule has 0 amide bonds. The number of benzene rings is 2. The summed E-state index contributed by atoms with van der Waals surface area (Å²) in [5, 5.41) is 10.7. The third kappa shape index (κ3) is 3.11. The Morgan fingerprint density at radius 2 is 1.96 bits per heavy atom. The summed E-state index contributed by atoms with van der Waals surface area (Å²) in [4.78, 5) is 20.3. The van der Waals surface area contributed by atoms with Crippen LogP contribution in [0.3, 0.4) is 0 Å². The Bertz CT molecular complexity index is 1120. The van der Waals surface area contributed by atoms with E-state index in [2.05, 4.69) is 4.72 Å². The molecule has 0 unspecified atom stereocenters. The van der Waals surface area contributed by atoms with Crippen LogP contribution in [0.5, 0.6) is 0 Å². The summed E-state index contributed by atoms with van der Waals surface area (Å²) in [6, 6.07) is 7.39. The SMILES string of the molecule is O=c1oc2ccc(NS(=O)(=O)c3cc([N+](=O)[O-])ccc3Cl)cc2s1. The third-order valence-electron chi connectivity index (χ3n) is 3.00. The van der Waals surface area contributed by atoms with Crippen LogP contribution in [0.2, 0.25) is 5.02 Å². The number of hydrogen-bond donors (Lipinski definition) is 1. The molecular weight excluding hydrogens is 380 g/mol. The molecule has 24 heavy (non-hydrogen) atoms. The lowest BCUT2D eigenvalue weighted by atomic mass is 10.3. The van der Waals surface area contributed by atoms with Crippen molar-refractivity contribution in [2.24, 2.45) is 0 Å². The molecule has 0 aliphatic carbocycles. The van der Waals surface area contributed by atoms with E-state index in [1.54, 1.807) is 0 Å². The van der Waals surface area contributed by atoms with Gasteiger partial charge in [-0.05, 0) is 24.3 Å². The Hall–Kier alpha value is -2.43. The van der Waals surface area contributed by atoms with E-state index in [-0.39, 0.29) is 10.7 Å². The summed E-state index contributed by atoms with van der Waals surface area (Å²) in [5.41, 5.74) is 0.103. The van der Waals surface area contributed by atoms with Crippen molar-refractivity contribution in [3.63, 3.8) is 0 Å². The van der Waals surface area contributed by atoms with E-state index < -0.39 is 30.5 Å². The Labute approximate surface area is 143 Å². The van der Waals surface area contributed by atoms with Gasteiger partial charge >= 0.3 is 4.94 Å². The summed E-state index contributed by atoms with van der Waals surface area (Å²) in [6.45, 7) is 0. The van der Waals surface area contributed by atoms with E-state index in [4.69, 9.17) is 16.0 Å². The van der Waals surface area contributed by atoms with Crippen LogP contribution in [0, 0.1) is 10.1 Å². The van der Waals surface area contributed by atoms with Gasteiger partial charge in [0.15, 0.2) is 0 Å². The highest BCUT2D eigenvalue weighted by Gasteiger charge is 2.22. The first-order chi connectivity index (χ1) is 11.3. The molecule has 0 saturated heterocycles. The van der Waals surface area contributed by atoms with Gasteiger partial charge in [-0.25, -0.2) is 13.2 Å². The second-order valence-electron chi connectivity index (χ2n) is 4.59. The number of nitro benzene ring substituents is 1. The van der Waals surface area contributed by atoms with E-state index in [0.29, 0.717) is 10.3 Å². The Kier molecular flexibility index (Phi) is 4.03. The van der Waals surface area contributed by atoms with Crippen LogP contribution in [-0.2, 0) is 10.0 Å². The molecular formula is C13H7ClN2O6S2. The van der Waals surface area contributed by atoms with E-state index in [9.17, 15) is 23.3 Å². The van der Waals surface area contributed by atoms with Crippen LogP contribution >= 0.6 is 22.9 Å². The van der Waals surface area contributed by atoms with Gasteiger partial charge < -0.3 is 4.42 Å². The number of hydrogen-bond acceptors (Lipinski definition) is 7. The number of anilines is 1. The number of nitro groups is 1. The van der Waals surface area contributed by atoms with Crippen molar-refractivity contribution in [1.29, 1.82) is 0 Å². The van der Waals surface area contributed by atoms with Crippen LogP contribution < -0.4 is 9.66 Å². The lowest BCUT2D eigenvalue weighted by Crippen LogP contribution is -2.13. The first-order valence-electron chi connectivity index (χ1n) is 6.27. The maximum atomic E-state index is 12.4. The number of fused-ring (bicyclic) bond motifs is 1. The van der Waals surface area contributed by atoms with Crippen molar-refractivity contribution in [3.05, 3.63) is 61.3 Å². The lowest BCUT2D eigenvalue weighted by molar-refractivity contribution is -0.385. The topological polar surface area (TPSA) is 120 Å². The fourth-order valence-electron chi connectivity index (χ4n) is 1.96. The zero-order chi connectivity index (χ0) is 17.5. The highest BCUT2D eigenvalue weighted by Crippen LogP contribution is 2.29. The second kappa shape index (κ2) is 5.89. The van der Waals surface area contributed by atoms with E-state index in [1.807, 2.05) is 0 Å². The molecule has 0 atom stereocenters. The average molecular weight is 387 g/mol. The molecule has 1 heterocycles. The van der Waals surface area contributed by atoms with Crippen LogP contribution in [0.4, 0.5) is 11.4 Å². The number of sulfonamides is 1. The zero-order valence-electron chi connectivity index (χ0n) is 11.6. The molecule has 1 aromatic heterocycles. The van der Waals surface area contributed by atoms with Gasteiger partial charge in [0.05, 0.1) is 20.3 Å². The van der Waals surface area contributed by atoms with Gasteiger partial charge in [-0.15, -0.1) is 0 Å². The number of halogens is 1. The number of nitrogens with zero attached hydrogens (tertiary/aromatic N) is 1. The van der Waals surface area contributed by atoms with Gasteiger partial charge in [-0.1, -0.05) is 22.9 Å². The third-order valence-corrected chi connectivity index (χ3v) is 5.65. The van der Waals surface area contributed by atoms with Crippen molar-refractivity contribution in [1.82, 2.24) is 0 Å². The molecule has 0 bridgehead atoms. The standard InChI is InChI=1S/C13H7ClN2O6S2/c14-9-3-2-8(16(18)19)6-12(9)24(20,21)15-7-1-4-10-11(5-7)23-13(17)22-10/h1-6,15H. The number of rotatable bonds is 4. The molecule has 8 nitrogen and oxygen atoms in total. The Morgan fingerprint density at radius 1 is 1.21 bits per heavy atom. The molecule has 0 radical (unpaired) electrons. The highest BCUT2D eigenvalue weighted by atomic mass is 35.5. The molecule has 0 saturated carbocycles. The van der Waals surface area contributed by atoms with Crippen LogP contribution in [0.15, 0.2) is 50.5 Å². The minimum atomic E-state index is -4.15. The lowest BCUT2D eigenvalue weighted by Gasteiger charge is -2.09. The van der Waals surface area contributed by atoms with Crippen molar-refractivity contribution >= 4 is 54.6 Å². The van der Waals surface area contributed by atoms with E-state index >= 15 is 0 Å². The molecule has 0 aliphatic rings. The Balaban J connectivity index is 2.02. The molecule has 1 N–H and O–H groups in total. The van der Waals surface area contributed by atoms with Crippen molar-refractivity contribution < 1.29 is 17.8 Å². The quantitative estimate of drug-likeness (QED) is 0.543. The minimum absolute atomic E-state index is 0.151. The largest absolute Gasteiger partial charge is 0.414 e. The zero-order valence-corrected chi connectivity index (χ0v) is 13.9. The molecule has 3 aromatic rings. The summed E-state index contributed by atoms with van der Waals surface area (Å²) >= 11 is 6.68. The van der Waals surface area contributed by atoms with Gasteiger partial charge in [0.25, 0.3) is 15.7 Å². The minimum Gasteiger partial charge on any atom is -0.414 e. The molecule has 0 fully saturated rings. The molecule has 124 valence electrons.